The zero-order valence-corrected chi connectivity index (χ0v) is 12.5. The molecule has 0 unspecified atom stereocenters. The van der Waals surface area contributed by atoms with E-state index in [-0.39, 0.29) is 23.5 Å². The lowest BCUT2D eigenvalue weighted by Gasteiger charge is -2.08. The molecule has 0 aliphatic carbocycles. The van der Waals surface area contributed by atoms with Crippen molar-refractivity contribution in [2.45, 2.75) is 25.9 Å². The van der Waals surface area contributed by atoms with Gasteiger partial charge in [0.05, 0.1) is 0 Å². The first-order valence-electron chi connectivity index (χ1n) is 6.82. The molecule has 4 N–H and O–H groups in total. The first-order valence-corrected chi connectivity index (χ1v) is 7.97. The Kier molecular flexibility index (Phi) is 5.32. The van der Waals surface area contributed by atoms with Crippen LogP contribution in [0.5, 0.6) is 23.5 Å². The van der Waals surface area contributed by atoms with Crippen LogP contribution in [0.4, 0.5) is 0 Å². The summed E-state index contributed by atoms with van der Waals surface area (Å²) in [6.45, 7) is 1.16. The number of thioether (sulfide) groups is 1. The first-order chi connectivity index (χ1) is 10.1. The maximum absolute atomic E-state index is 9.48. The molecule has 2 aromatic heterocycles. The van der Waals surface area contributed by atoms with E-state index in [1.54, 1.807) is 11.8 Å². The van der Waals surface area contributed by atoms with Crippen molar-refractivity contribution < 1.29 is 20.4 Å². The van der Waals surface area contributed by atoms with Gasteiger partial charge >= 0.3 is 0 Å². The Morgan fingerprint density at radius 3 is 1.33 bits per heavy atom. The van der Waals surface area contributed by atoms with E-state index >= 15 is 0 Å². The molecule has 2 aromatic rings. The number of nitrogens with zero attached hydrogens (tertiary/aromatic N) is 2. The van der Waals surface area contributed by atoms with E-state index in [0.29, 0.717) is 13.1 Å². The smallest absolute Gasteiger partial charge is 0.193 e. The fourth-order valence-corrected chi connectivity index (χ4v) is 2.97. The second kappa shape index (κ2) is 7.21. The van der Waals surface area contributed by atoms with E-state index in [2.05, 4.69) is 0 Å². The van der Waals surface area contributed by atoms with Gasteiger partial charge in [-0.1, -0.05) is 0 Å². The van der Waals surface area contributed by atoms with Crippen LogP contribution >= 0.6 is 11.8 Å². The number of aromatic nitrogens is 2. The van der Waals surface area contributed by atoms with Crippen molar-refractivity contribution in [2.75, 3.05) is 11.5 Å². The van der Waals surface area contributed by atoms with Gasteiger partial charge in [0.1, 0.15) is 0 Å². The molecule has 0 amide bonds. The highest BCUT2D eigenvalue weighted by Gasteiger charge is 2.06. The minimum absolute atomic E-state index is 0.0797. The number of hydrogen-bond acceptors (Lipinski definition) is 5. The highest BCUT2D eigenvalue weighted by Crippen LogP contribution is 2.23. The van der Waals surface area contributed by atoms with Gasteiger partial charge in [-0.3, -0.25) is 9.13 Å². The van der Waals surface area contributed by atoms with Gasteiger partial charge in [0.2, 0.25) is 0 Å². The molecule has 0 saturated carbocycles. The maximum Gasteiger partial charge on any atom is 0.193 e. The van der Waals surface area contributed by atoms with Crippen molar-refractivity contribution in [3.05, 3.63) is 24.3 Å². The van der Waals surface area contributed by atoms with Gasteiger partial charge in [0.25, 0.3) is 0 Å². The summed E-state index contributed by atoms with van der Waals surface area (Å²) in [5, 5.41) is 37.9. The van der Waals surface area contributed by atoms with Gasteiger partial charge in [0.15, 0.2) is 23.5 Å². The largest absolute Gasteiger partial charge is 0.494 e. The van der Waals surface area contributed by atoms with Gasteiger partial charge in [-0.2, -0.15) is 11.8 Å². The average Bonchev–Trinajstić information content (AvgIpc) is 2.94. The normalized spacial score (nSPS) is 11.0. The van der Waals surface area contributed by atoms with Crippen LogP contribution in [0.25, 0.3) is 0 Å². The molecule has 21 heavy (non-hydrogen) atoms. The first kappa shape index (κ1) is 15.5. The highest BCUT2D eigenvalue weighted by atomic mass is 32.2. The Balaban J connectivity index is 1.59. The van der Waals surface area contributed by atoms with Crippen LogP contribution in [0.1, 0.15) is 12.8 Å². The van der Waals surface area contributed by atoms with E-state index in [0.717, 1.165) is 24.3 Å². The van der Waals surface area contributed by atoms with Crippen LogP contribution in [0.3, 0.4) is 0 Å². The average molecular weight is 312 g/mol. The SMILES string of the molecule is Oc1ccc(O)n1CCCSCCCn1c(O)ccc1O. The lowest BCUT2D eigenvalue weighted by atomic mass is 10.5. The number of hydrogen-bond donors (Lipinski definition) is 4. The van der Waals surface area contributed by atoms with Crippen molar-refractivity contribution in [3.8, 4) is 23.5 Å². The summed E-state index contributed by atoms with van der Waals surface area (Å²) in [5.41, 5.74) is 0. The Bertz CT molecular complexity index is 490. The Hall–Kier alpha value is -1.89. The summed E-state index contributed by atoms with van der Waals surface area (Å²) >= 11 is 1.77. The van der Waals surface area contributed by atoms with Crippen molar-refractivity contribution in [1.82, 2.24) is 9.13 Å². The molecule has 7 heteroatoms. The van der Waals surface area contributed by atoms with Crippen LogP contribution in [0, 0.1) is 0 Å². The molecule has 2 heterocycles. The minimum Gasteiger partial charge on any atom is -0.494 e. The number of aromatic hydroxyl groups is 4. The molecule has 0 spiro atoms. The number of rotatable bonds is 8. The van der Waals surface area contributed by atoms with Gasteiger partial charge < -0.3 is 20.4 Å². The van der Waals surface area contributed by atoms with Crippen molar-refractivity contribution >= 4 is 11.8 Å². The third-order valence-corrected chi connectivity index (χ3v) is 4.36. The Morgan fingerprint density at radius 2 is 1.00 bits per heavy atom. The second-order valence-electron chi connectivity index (χ2n) is 4.72. The van der Waals surface area contributed by atoms with Gasteiger partial charge in [-0.05, 0) is 24.3 Å². The van der Waals surface area contributed by atoms with E-state index in [1.807, 2.05) is 0 Å². The molecule has 2 rings (SSSR count). The van der Waals surface area contributed by atoms with Crippen molar-refractivity contribution in [3.63, 3.8) is 0 Å². The molecule has 0 aliphatic rings. The van der Waals surface area contributed by atoms with E-state index in [9.17, 15) is 20.4 Å². The molecule has 0 saturated heterocycles. The predicted molar refractivity (Wildman–Crippen MR) is 82.1 cm³/mol. The third-order valence-electron chi connectivity index (χ3n) is 3.21. The van der Waals surface area contributed by atoms with Crippen LogP contribution in [0.2, 0.25) is 0 Å². The topological polar surface area (TPSA) is 90.8 Å². The quantitative estimate of drug-likeness (QED) is 0.562. The second-order valence-corrected chi connectivity index (χ2v) is 5.95. The molecular weight excluding hydrogens is 292 g/mol. The zero-order valence-electron chi connectivity index (χ0n) is 11.6. The molecule has 6 nitrogen and oxygen atoms in total. The fourth-order valence-electron chi connectivity index (χ4n) is 2.10. The van der Waals surface area contributed by atoms with E-state index < -0.39 is 0 Å². The van der Waals surface area contributed by atoms with E-state index in [1.165, 1.54) is 33.4 Å². The predicted octanol–water partition coefficient (Wildman–Crippen LogP) is 2.33. The minimum atomic E-state index is 0.0797. The Morgan fingerprint density at radius 1 is 0.667 bits per heavy atom. The monoisotopic (exact) mass is 312 g/mol. The molecule has 0 radical (unpaired) electrons. The standard InChI is InChI=1S/C14H20N2O4S/c17-11-3-4-12(18)15(11)7-1-9-21-10-2-8-16-13(19)5-6-14(16)20/h3-6,17-20H,1-2,7-10H2. The van der Waals surface area contributed by atoms with Crippen LogP contribution in [0.15, 0.2) is 24.3 Å². The summed E-state index contributed by atoms with van der Waals surface area (Å²) in [4.78, 5) is 0. The molecule has 0 fully saturated rings. The maximum atomic E-state index is 9.48. The summed E-state index contributed by atoms with van der Waals surface area (Å²) in [6.07, 6.45) is 1.70. The summed E-state index contributed by atoms with van der Waals surface area (Å²) < 4.78 is 2.94. The summed E-state index contributed by atoms with van der Waals surface area (Å²) in [7, 11) is 0. The molecule has 0 atom stereocenters. The molecule has 116 valence electrons. The van der Waals surface area contributed by atoms with Gasteiger partial charge in [0, 0.05) is 37.4 Å². The fraction of sp³-hybridized carbons (Fsp3) is 0.429. The zero-order chi connectivity index (χ0) is 15.2. The third kappa shape index (κ3) is 4.04. The van der Waals surface area contributed by atoms with Crippen LogP contribution < -0.4 is 0 Å². The van der Waals surface area contributed by atoms with Crippen molar-refractivity contribution in [1.29, 1.82) is 0 Å². The van der Waals surface area contributed by atoms with Gasteiger partial charge in [-0.15, -0.1) is 0 Å². The molecule has 0 bridgehead atoms. The van der Waals surface area contributed by atoms with Crippen molar-refractivity contribution in [2.24, 2.45) is 0 Å². The summed E-state index contributed by atoms with van der Waals surface area (Å²) in [5.74, 6) is 2.15. The van der Waals surface area contributed by atoms with E-state index in [4.69, 9.17) is 0 Å². The molecule has 0 aromatic carbocycles. The van der Waals surface area contributed by atoms with Crippen LogP contribution in [-0.4, -0.2) is 41.1 Å². The van der Waals surface area contributed by atoms with Crippen LogP contribution in [-0.2, 0) is 13.1 Å². The Labute approximate surface area is 127 Å². The highest BCUT2D eigenvalue weighted by molar-refractivity contribution is 7.99. The summed E-state index contributed by atoms with van der Waals surface area (Å²) in [6, 6.07) is 5.88. The molecular formula is C14H20N2O4S. The molecule has 0 aliphatic heterocycles. The lowest BCUT2D eigenvalue weighted by Crippen LogP contribution is -2.00. The van der Waals surface area contributed by atoms with Gasteiger partial charge in [-0.25, -0.2) is 0 Å². The lowest BCUT2D eigenvalue weighted by molar-refractivity contribution is 0.367.